The van der Waals surface area contributed by atoms with Crippen LogP contribution >= 0.6 is 0 Å². The lowest BCUT2D eigenvalue weighted by Gasteiger charge is -2.13. The van der Waals surface area contributed by atoms with Crippen LogP contribution in [0.4, 0.5) is 13.2 Å². The van der Waals surface area contributed by atoms with Crippen LogP contribution in [0.1, 0.15) is 11.1 Å². The van der Waals surface area contributed by atoms with Crippen LogP contribution in [-0.4, -0.2) is 25.8 Å². The van der Waals surface area contributed by atoms with Gasteiger partial charge in [-0.05, 0) is 18.2 Å². The van der Waals surface area contributed by atoms with Crippen LogP contribution in [0.3, 0.4) is 0 Å². The molecule has 0 aliphatic carbocycles. The van der Waals surface area contributed by atoms with E-state index in [9.17, 15) is 13.2 Å². The van der Waals surface area contributed by atoms with Crippen molar-refractivity contribution in [3.05, 3.63) is 35.7 Å². The molecule has 2 aromatic rings. The van der Waals surface area contributed by atoms with Gasteiger partial charge in [-0.25, -0.2) is 0 Å². The highest BCUT2D eigenvalue weighted by molar-refractivity contribution is 5.98. The Morgan fingerprint density at radius 1 is 1.43 bits per heavy atom. The molecule has 10 heteroatoms. The summed E-state index contributed by atoms with van der Waals surface area (Å²) in [6.45, 7) is 0. The first-order chi connectivity index (χ1) is 9.81. The highest BCUT2D eigenvalue weighted by Crippen LogP contribution is 2.35. The molecule has 0 saturated carbocycles. The maximum Gasteiger partial charge on any atom is 0.417 e. The molecule has 1 aromatic heterocycles. The topological polar surface area (TPSA) is 98.6 Å². The molecule has 0 fully saturated rings. The molecule has 1 aromatic carbocycles. The van der Waals surface area contributed by atoms with Gasteiger partial charge in [0.1, 0.15) is 12.1 Å². The van der Waals surface area contributed by atoms with E-state index in [0.717, 1.165) is 12.1 Å². The van der Waals surface area contributed by atoms with Gasteiger partial charge in [0.05, 0.1) is 5.56 Å². The summed E-state index contributed by atoms with van der Waals surface area (Å²) in [5, 5.41) is 14.9. The van der Waals surface area contributed by atoms with Gasteiger partial charge in [-0.3, -0.25) is 4.68 Å². The van der Waals surface area contributed by atoms with E-state index in [4.69, 9.17) is 15.7 Å². The highest BCUT2D eigenvalue weighted by atomic mass is 19.4. The molecule has 0 atom stereocenters. The Morgan fingerprint density at radius 3 is 2.67 bits per heavy atom. The maximum atomic E-state index is 13.0. The number of amidine groups is 1. The summed E-state index contributed by atoms with van der Waals surface area (Å²) in [7, 11) is 1.59. The normalized spacial score (nSPS) is 12.5. The van der Waals surface area contributed by atoms with Crippen LogP contribution < -0.4 is 10.5 Å². The molecule has 21 heavy (non-hydrogen) atoms. The summed E-state index contributed by atoms with van der Waals surface area (Å²) in [6, 6.07) is 2.90. The fourth-order valence-electron chi connectivity index (χ4n) is 1.57. The van der Waals surface area contributed by atoms with Crippen LogP contribution in [-0.2, 0) is 13.2 Å². The Kier molecular flexibility index (Phi) is 3.70. The van der Waals surface area contributed by atoms with E-state index in [1.54, 1.807) is 7.05 Å². The minimum Gasteiger partial charge on any atom is -0.423 e. The lowest BCUT2D eigenvalue weighted by atomic mass is 10.1. The minimum atomic E-state index is -4.69. The molecule has 0 bridgehead atoms. The third-order valence-electron chi connectivity index (χ3n) is 2.47. The van der Waals surface area contributed by atoms with Gasteiger partial charge in [0, 0.05) is 12.6 Å². The second-order valence-electron chi connectivity index (χ2n) is 3.99. The standard InChI is InChI=1S/C11H10F3N5O2/c1-19-5-16-10(17-19)21-6-2-3-7(9(15)18-20)8(4-6)11(12,13)14/h2-5,20H,1H3,(H2,15,18). The van der Waals surface area contributed by atoms with E-state index in [1.165, 1.54) is 17.1 Å². The van der Waals surface area contributed by atoms with Crippen LogP contribution in [0.2, 0.25) is 0 Å². The smallest absolute Gasteiger partial charge is 0.417 e. The van der Waals surface area contributed by atoms with E-state index in [2.05, 4.69) is 15.2 Å². The molecule has 1 heterocycles. The number of nitrogens with two attached hydrogens (primary N) is 1. The van der Waals surface area contributed by atoms with Gasteiger partial charge in [-0.1, -0.05) is 5.16 Å². The molecule has 0 radical (unpaired) electrons. The number of benzene rings is 1. The number of hydrogen-bond donors (Lipinski definition) is 2. The van der Waals surface area contributed by atoms with Gasteiger partial charge in [-0.2, -0.15) is 18.2 Å². The molecule has 112 valence electrons. The van der Waals surface area contributed by atoms with Gasteiger partial charge in [0.2, 0.25) is 0 Å². The SMILES string of the molecule is Cn1cnc(Oc2ccc(/C(N)=N/O)c(C(F)(F)F)c2)n1. The molecule has 7 nitrogen and oxygen atoms in total. The Bertz CT molecular complexity index is 681. The number of hydrogen-bond acceptors (Lipinski definition) is 5. The summed E-state index contributed by atoms with van der Waals surface area (Å²) >= 11 is 0. The van der Waals surface area contributed by atoms with Crippen molar-refractivity contribution in [2.45, 2.75) is 6.18 Å². The maximum absolute atomic E-state index is 13.0. The first-order valence-corrected chi connectivity index (χ1v) is 5.54. The summed E-state index contributed by atoms with van der Waals surface area (Å²) < 4.78 is 45.4. The third-order valence-corrected chi connectivity index (χ3v) is 2.47. The Labute approximate surface area is 116 Å². The number of ether oxygens (including phenoxy) is 1. The first kappa shape index (κ1) is 14.6. The van der Waals surface area contributed by atoms with Gasteiger partial charge < -0.3 is 15.7 Å². The Balaban J connectivity index is 2.42. The quantitative estimate of drug-likeness (QED) is 0.389. The van der Waals surface area contributed by atoms with Gasteiger partial charge >= 0.3 is 12.2 Å². The van der Waals surface area contributed by atoms with Crippen molar-refractivity contribution >= 4 is 5.84 Å². The van der Waals surface area contributed by atoms with Crippen molar-refractivity contribution < 1.29 is 23.1 Å². The van der Waals surface area contributed by atoms with Crippen molar-refractivity contribution in [1.29, 1.82) is 0 Å². The van der Waals surface area contributed by atoms with E-state index in [0.29, 0.717) is 0 Å². The molecule has 2 rings (SSSR count). The van der Waals surface area contributed by atoms with Crippen LogP contribution in [0.15, 0.2) is 29.7 Å². The zero-order valence-corrected chi connectivity index (χ0v) is 10.7. The zero-order valence-electron chi connectivity index (χ0n) is 10.7. The van der Waals surface area contributed by atoms with E-state index in [1.807, 2.05) is 0 Å². The monoisotopic (exact) mass is 301 g/mol. The second-order valence-corrected chi connectivity index (χ2v) is 3.99. The van der Waals surface area contributed by atoms with E-state index < -0.39 is 23.1 Å². The zero-order chi connectivity index (χ0) is 15.6. The number of halogens is 3. The summed E-state index contributed by atoms with van der Waals surface area (Å²) in [4.78, 5) is 3.74. The predicted molar refractivity (Wildman–Crippen MR) is 65.0 cm³/mol. The first-order valence-electron chi connectivity index (χ1n) is 5.54. The number of oxime groups is 1. The summed E-state index contributed by atoms with van der Waals surface area (Å²) in [5.41, 5.74) is 3.68. The molecule has 0 aliphatic heterocycles. The molecule has 3 N–H and O–H groups in total. The van der Waals surface area contributed by atoms with E-state index in [-0.39, 0.29) is 11.8 Å². The predicted octanol–water partition coefficient (Wildman–Crippen LogP) is 1.72. The molecule has 0 aliphatic rings. The summed E-state index contributed by atoms with van der Waals surface area (Å²) in [6.07, 6.45) is -3.35. The van der Waals surface area contributed by atoms with Crippen molar-refractivity contribution in [2.24, 2.45) is 17.9 Å². The lowest BCUT2D eigenvalue weighted by molar-refractivity contribution is -0.137. The summed E-state index contributed by atoms with van der Waals surface area (Å²) in [5.74, 6) is -0.771. The van der Waals surface area contributed by atoms with Gasteiger partial charge in [0.25, 0.3) is 0 Å². The molecule has 0 spiro atoms. The van der Waals surface area contributed by atoms with Gasteiger partial charge in [0.15, 0.2) is 5.84 Å². The number of nitrogens with zero attached hydrogens (tertiary/aromatic N) is 4. The van der Waals surface area contributed by atoms with Gasteiger partial charge in [-0.15, -0.1) is 5.10 Å². The Hall–Kier alpha value is -2.78. The van der Waals surface area contributed by atoms with E-state index >= 15 is 0 Å². The molecular weight excluding hydrogens is 291 g/mol. The number of aryl methyl sites for hydroxylation is 1. The van der Waals surface area contributed by atoms with Crippen LogP contribution in [0.5, 0.6) is 11.8 Å². The van der Waals surface area contributed by atoms with Crippen molar-refractivity contribution in [1.82, 2.24) is 14.8 Å². The minimum absolute atomic E-state index is 0.0952. The fraction of sp³-hybridized carbons (Fsp3) is 0.182. The third kappa shape index (κ3) is 3.22. The van der Waals surface area contributed by atoms with Crippen LogP contribution in [0.25, 0.3) is 0 Å². The molecule has 0 unspecified atom stereocenters. The van der Waals surface area contributed by atoms with Crippen LogP contribution in [0, 0.1) is 0 Å². The molecule has 0 amide bonds. The average Bonchev–Trinajstić information content (AvgIpc) is 2.82. The largest absolute Gasteiger partial charge is 0.423 e. The number of alkyl halides is 3. The number of rotatable bonds is 3. The molecule has 0 saturated heterocycles. The average molecular weight is 301 g/mol. The Morgan fingerprint density at radius 2 is 2.14 bits per heavy atom. The van der Waals surface area contributed by atoms with Crippen molar-refractivity contribution in [3.63, 3.8) is 0 Å². The lowest BCUT2D eigenvalue weighted by Crippen LogP contribution is -2.20. The van der Waals surface area contributed by atoms with Crippen molar-refractivity contribution in [3.8, 4) is 11.8 Å². The highest BCUT2D eigenvalue weighted by Gasteiger charge is 2.35. The fourth-order valence-corrected chi connectivity index (χ4v) is 1.57. The number of aromatic nitrogens is 3. The second kappa shape index (κ2) is 5.31. The molecular formula is C11H10F3N5O2. The van der Waals surface area contributed by atoms with Crippen molar-refractivity contribution in [2.75, 3.05) is 0 Å².